The summed E-state index contributed by atoms with van der Waals surface area (Å²) in [6.45, 7) is 1.79. The third kappa shape index (κ3) is 2.38. The lowest BCUT2D eigenvalue weighted by Crippen LogP contribution is -2.29. The fraction of sp³-hybridized carbons (Fsp3) is 0.667. The predicted molar refractivity (Wildman–Crippen MR) is 46.1 cm³/mol. The van der Waals surface area contributed by atoms with Crippen LogP contribution in [0.2, 0.25) is 0 Å². The molecule has 1 aromatic rings. The highest BCUT2D eigenvalue weighted by atomic mass is 35.5. The van der Waals surface area contributed by atoms with Gasteiger partial charge in [-0.25, -0.2) is 4.68 Å². The van der Waals surface area contributed by atoms with Crippen LogP contribution in [-0.4, -0.2) is 32.0 Å². The average molecular weight is 204 g/mol. The van der Waals surface area contributed by atoms with Crippen LogP contribution < -0.4 is 5.32 Å². The van der Waals surface area contributed by atoms with Crippen LogP contribution in [0.5, 0.6) is 0 Å². The van der Waals surface area contributed by atoms with Gasteiger partial charge in [0.2, 0.25) is 5.91 Å². The molecule has 0 radical (unpaired) electrons. The maximum absolute atomic E-state index is 10.9. The summed E-state index contributed by atoms with van der Waals surface area (Å²) >= 11 is 5.33. The van der Waals surface area contributed by atoms with Crippen molar-refractivity contribution in [2.24, 2.45) is 7.05 Å². The number of nitrogens with one attached hydrogen (secondary N) is 1. The van der Waals surface area contributed by atoms with Crippen LogP contribution in [0.1, 0.15) is 18.8 Å². The van der Waals surface area contributed by atoms with E-state index in [1.807, 2.05) is 0 Å². The van der Waals surface area contributed by atoms with E-state index >= 15 is 0 Å². The number of rotatable bonds is 3. The summed E-state index contributed by atoms with van der Waals surface area (Å²) in [7, 11) is 1.71. The first-order valence-electron chi connectivity index (χ1n) is 3.72. The second-order valence-electron chi connectivity index (χ2n) is 2.58. The van der Waals surface area contributed by atoms with Crippen molar-refractivity contribution in [3.8, 4) is 0 Å². The van der Waals surface area contributed by atoms with Gasteiger partial charge in [0.25, 0.3) is 0 Å². The van der Waals surface area contributed by atoms with Gasteiger partial charge in [-0.1, -0.05) is 0 Å². The quantitative estimate of drug-likeness (QED) is 0.681. The molecule has 0 aromatic carbocycles. The molecule has 1 unspecified atom stereocenters. The van der Waals surface area contributed by atoms with Crippen molar-refractivity contribution in [2.75, 3.05) is 5.88 Å². The number of aromatic nitrogens is 4. The van der Waals surface area contributed by atoms with Crippen molar-refractivity contribution in [1.29, 1.82) is 0 Å². The first-order chi connectivity index (χ1) is 6.15. The van der Waals surface area contributed by atoms with Crippen molar-refractivity contribution < 1.29 is 4.79 Å². The Morgan fingerprint density at radius 3 is 2.92 bits per heavy atom. The molecular formula is C6H10ClN5O. The molecular weight excluding hydrogens is 194 g/mol. The zero-order chi connectivity index (χ0) is 9.84. The molecule has 1 atom stereocenters. The number of carbonyl (C=O) groups excluding carboxylic acids is 1. The van der Waals surface area contributed by atoms with Crippen LogP contribution in [0.4, 0.5) is 0 Å². The number of aryl methyl sites for hydroxylation is 1. The van der Waals surface area contributed by atoms with Crippen LogP contribution >= 0.6 is 11.6 Å². The predicted octanol–water partition coefficient (Wildman–Crippen LogP) is -0.374. The molecule has 1 rings (SSSR count). The fourth-order valence-electron chi connectivity index (χ4n) is 0.948. The standard InChI is InChI=1S/C6H10ClN5O/c1-4(8-5(13)3-7)6-9-10-11-12(6)2/h4H,3H2,1-2H3,(H,8,13). The second-order valence-corrected chi connectivity index (χ2v) is 2.85. The molecule has 0 aliphatic rings. The molecule has 0 bridgehead atoms. The molecule has 0 aliphatic carbocycles. The summed E-state index contributed by atoms with van der Waals surface area (Å²) in [5.41, 5.74) is 0. The summed E-state index contributed by atoms with van der Waals surface area (Å²) in [6.07, 6.45) is 0. The monoisotopic (exact) mass is 203 g/mol. The van der Waals surface area contributed by atoms with Gasteiger partial charge in [-0.15, -0.1) is 16.7 Å². The van der Waals surface area contributed by atoms with E-state index in [0.717, 1.165) is 0 Å². The van der Waals surface area contributed by atoms with Gasteiger partial charge in [0.05, 0.1) is 6.04 Å². The van der Waals surface area contributed by atoms with Crippen molar-refractivity contribution in [3.05, 3.63) is 5.82 Å². The van der Waals surface area contributed by atoms with Gasteiger partial charge < -0.3 is 5.32 Å². The number of amides is 1. The Morgan fingerprint density at radius 2 is 2.46 bits per heavy atom. The molecule has 1 heterocycles. The van der Waals surface area contributed by atoms with Gasteiger partial charge in [-0.05, 0) is 17.4 Å². The van der Waals surface area contributed by atoms with E-state index in [2.05, 4.69) is 20.8 Å². The summed E-state index contributed by atoms with van der Waals surface area (Å²) in [6, 6.07) is -0.230. The molecule has 0 fully saturated rings. The Labute approximate surface area is 80.3 Å². The summed E-state index contributed by atoms with van der Waals surface area (Å²) in [5, 5.41) is 13.5. The van der Waals surface area contributed by atoms with E-state index in [9.17, 15) is 4.79 Å². The van der Waals surface area contributed by atoms with Crippen molar-refractivity contribution in [2.45, 2.75) is 13.0 Å². The summed E-state index contributed by atoms with van der Waals surface area (Å²) < 4.78 is 1.50. The SMILES string of the molecule is CC(NC(=O)CCl)c1nnnn1C. The highest BCUT2D eigenvalue weighted by Gasteiger charge is 2.13. The second kappa shape index (κ2) is 4.18. The molecule has 0 aliphatic heterocycles. The molecule has 7 heteroatoms. The van der Waals surface area contributed by atoms with Crippen LogP contribution in [0.25, 0.3) is 0 Å². The summed E-state index contributed by atoms with van der Waals surface area (Å²) in [5.74, 6) is 0.297. The molecule has 1 amide bonds. The van der Waals surface area contributed by atoms with Crippen LogP contribution in [0, 0.1) is 0 Å². The van der Waals surface area contributed by atoms with E-state index < -0.39 is 0 Å². The number of carbonyl (C=O) groups is 1. The van der Waals surface area contributed by atoms with E-state index in [4.69, 9.17) is 11.6 Å². The normalized spacial score (nSPS) is 12.5. The minimum atomic E-state index is -0.239. The van der Waals surface area contributed by atoms with Gasteiger partial charge in [0.15, 0.2) is 5.82 Å². The molecule has 13 heavy (non-hydrogen) atoms. The lowest BCUT2D eigenvalue weighted by molar-refractivity contribution is -0.119. The first kappa shape index (κ1) is 9.91. The van der Waals surface area contributed by atoms with E-state index in [1.165, 1.54) is 4.68 Å². The lowest BCUT2D eigenvalue weighted by atomic mass is 10.3. The van der Waals surface area contributed by atoms with Gasteiger partial charge >= 0.3 is 0 Å². The molecule has 1 N–H and O–H groups in total. The van der Waals surface area contributed by atoms with Gasteiger partial charge in [-0.3, -0.25) is 4.79 Å². The zero-order valence-corrected chi connectivity index (χ0v) is 8.12. The van der Waals surface area contributed by atoms with Crippen LogP contribution in [0.15, 0.2) is 0 Å². The summed E-state index contributed by atoms with van der Waals surface area (Å²) in [4.78, 5) is 10.9. The van der Waals surface area contributed by atoms with Crippen LogP contribution in [-0.2, 0) is 11.8 Å². The largest absolute Gasteiger partial charge is 0.345 e. The number of halogens is 1. The molecule has 6 nitrogen and oxygen atoms in total. The van der Waals surface area contributed by atoms with E-state index in [-0.39, 0.29) is 17.8 Å². The third-order valence-electron chi connectivity index (χ3n) is 1.54. The molecule has 0 saturated carbocycles. The number of tetrazole rings is 1. The van der Waals surface area contributed by atoms with Crippen molar-refractivity contribution in [3.63, 3.8) is 0 Å². The Morgan fingerprint density at radius 1 is 1.77 bits per heavy atom. The number of nitrogens with zero attached hydrogens (tertiary/aromatic N) is 4. The lowest BCUT2D eigenvalue weighted by Gasteiger charge is -2.10. The minimum Gasteiger partial charge on any atom is -0.345 e. The Hall–Kier alpha value is -1.17. The molecule has 1 aromatic heterocycles. The van der Waals surface area contributed by atoms with Crippen molar-refractivity contribution in [1.82, 2.24) is 25.5 Å². The number of hydrogen-bond acceptors (Lipinski definition) is 4. The zero-order valence-electron chi connectivity index (χ0n) is 7.36. The van der Waals surface area contributed by atoms with E-state index in [0.29, 0.717) is 5.82 Å². The Bertz CT molecular complexity index is 299. The van der Waals surface area contributed by atoms with E-state index in [1.54, 1.807) is 14.0 Å². The average Bonchev–Trinajstić information content (AvgIpc) is 2.51. The number of hydrogen-bond donors (Lipinski definition) is 1. The Balaban J connectivity index is 2.63. The molecule has 0 saturated heterocycles. The van der Waals surface area contributed by atoms with Crippen LogP contribution in [0.3, 0.4) is 0 Å². The minimum absolute atomic E-state index is 0.0599. The maximum atomic E-state index is 10.9. The van der Waals surface area contributed by atoms with Gasteiger partial charge in [0, 0.05) is 7.05 Å². The first-order valence-corrected chi connectivity index (χ1v) is 4.26. The maximum Gasteiger partial charge on any atom is 0.235 e. The number of alkyl halides is 1. The smallest absolute Gasteiger partial charge is 0.235 e. The molecule has 72 valence electrons. The highest BCUT2D eigenvalue weighted by molar-refractivity contribution is 6.27. The Kier molecular flexibility index (Phi) is 3.18. The van der Waals surface area contributed by atoms with Crippen molar-refractivity contribution >= 4 is 17.5 Å². The highest BCUT2D eigenvalue weighted by Crippen LogP contribution is 2.05. The topological polar surface area (TPSA) is 72.7 Å². The molecule has 0 spiro atoms. The van der Waals surface area contributed by atoms with Gasteiger partial charge in [-0.2, -0.15) is 0 Å². The fourth-order valence-corrected chi connectivity index (χ4v) is 1.02. The van der Waals surface area contributed by atoms with Gasteiger partial charge in [0.1, 0.15) is 5.88 Å². The third-order valence-corrected chi connectivity index (χ3v) is 1.78.